The number of H-pyrrole nitrogens is 1. The van der Waals surface area contributed by atoms with Crippen LogP contribution in [0.4, 0.5) is 23.2 Å². The van der Waals surface area contributed by atoms with Crippen LogP contribution in [0.15, 0.2) is 73.1 Å². The van der Waals surface area contributed by atoms with Gasteiger partial charge >= 0.3 is 6.18 Å². The first-order chi connectivity index (χ1) is 15.8. The number of pyridine rings is 1. The third-order valence-electron chi connectivity index (χ3n) is 5.35. The van der Waals surface area contributed by atoms with Crippen molar-refractivity contribution in [3.05, 3.63) is 95.7 Å². The van der Waals surface area contributed by atoms with E-state index in [0.717, 1.165) is 17.5 Å². The highest BCUT2D eigenvalue weighted by molar-refractivity contribution is 6.07. The number of carbonyl (C=O) groups is 1. The number of rotatable bonds is 4. The van der Waals surface area contributed by atoms with Crippen molar-refractivity contribution in [1.29, 1.82) is 0 Å². The van der Waals surface area contributed by atoms with Gasteiger partial charge in [-0.05, 0) is 54.1 Å². The van der Waals surface area contributed by atoms with Crippen molar-refractivity contribution < 1.29 is 22.4 Å². The number of hydrogen-bond donors (Lipinski definition) is 2. The summed E-state index contributed by atoms with van der Waals surface area (Å²) >= 11 is 0. The van der Waals surface area contributed by atoms with Crippen LogP contribution in [0.5, 0.6) is 0 Å². The minimum absolute atomic E-state index is 0.102. The van der Waals surface area contributed by atoms with Crippen LogP contribution in [0.25, 0.3) is 21.9 Å². The molecule has 0 unspecified atom stereocenters. The summed E-state index contributed by atoms with van der Waals surface area (Å²) < 4.78 is 55.0. The Kier molecular flexibility index (Phi) is 4.88. The molecule has 2 N–H and O–H groups in total. The molecule has 3 heterocycles. The van der Waals surface area contributed by atoms with Crippen LogP contribution in [0, 0.1) is 5.82 Å². The van der Waals surface area contributed by atoms with Crippen LogP contribution >= 0.6 is 0 Å². The minimum atomic E-state index is -4.51. The van der Waals surface area contributed by atoms with Crippen LogP contribution in [0.1, 0.15) is 21.6 Å². The first kappa shape index (κ1) is 20.7. The molecule has 0 aliphatic heterocycles. The number of fused-ring (bicyclic) bond motifs is 2. The third-order valence-corrected chi connectivity index (χ3v) is 5.35. The summed E-state index contributed by atoms with van der Waals surface area (Å²) in [5.74, 6) is -0.965. The molecular weight excluding hydrogens is 436 g/mol. The van der Waals surface area contributed by atoms with Gasteiger partial charge in [0, 0.05) is 29.0 Å². The Labute approximate surface area is 184 Å². The van der Waals surface area contributed by atoms with Crippen LogP contribution in [0.3, 0.4) is 0 Å². The van der Waals surface area contributed by atoms with E-state index in [1.807, 2.05) is 0 Å². The van der Waals surface area contributed by atoms with Gasteiger partial charge in [-0.15, -0.1) is 0 Å². The standard InChI is InChI=1S/C24H16F4N4O/c25-18-3-1-2-14(8-18)13-32-20-5-4-17(24(26,27)28)9-16(20)11-21(32)23(33)31-19-10-15-6-7-29-22(15)30-12-19/h1-12H,13H2,(H,29,30)(H,31,33). The van der Waals surface area contributed by atoms with Crippen LogP contribution < -0.4 is 5.32 Å². The van der Waals surface area contributed by atoms with Gasteiger partial charge in [0.25, 0.3) is 5.91 Å². The highest BCUT2D eigenvalue weighted by atomic mass is 19.4. The molecule has 0 radical (unpaired) electrons. The highest BCUT2D eigenvalue weighted by Crippen LogP contribution is 2.33. The summed E-state index contributed by atoms with van der Waals surface area (Å²) in [4.78, 5) is 20.3. The van der Waals surface area contributed by atoms with Gasteiger partial charge in [0.15, 0.2) is 0 Å². The number of halogens is 4. The Bertz CT molecular complexity index is 1500. The molecule has 5 rings (SSSR count). The van der Waals surface area contributed by atoms with E-state index in [1.165, 1.54) is 36.5 Å². The second kappa shape index (κ2) is 7.77. The van der Waals surface area contributed by atoms with Gasteiger partial charge in [-0.25, -0.2) is 9.37 Å². The zero-order chi connectivity index (χ0) is 23.2. The molecule has 3 aromatic heterocycles. The summed E-state index contributed by atoms with van der Waals surface area (Å²) in [7, 11) is 0. The van der Waals surface area contributed by atoms with Gasteiger partial charge in [0.1, 0.15) is 17.2 Å². The normalized spacial score (nSPS) is 11.9. The first-order valence-corrected chi connectivity index (χ1v) is 9.97. The number of amides is 1. The fourth-order valence-electron chi connectivity index (χ4n) is 3.83. The maximum Gasteiger partial charge on any atom is 0.416 e. The molecule has 0 aliphatic carbocycles. The molecule has 166 valence electrons. The van der Waals surface area contributed by atoms with Gasteiger partial charge in [0.2, 0.25) is 0 Å². The molecule has 33 heavy (non-hydrogen) atoms. The Morgan fingerprint density at radius 1 is 1.03 bits per heavy atom. The van der Waals surface area contributed by atoms with Crippen LogP contribution in [-0.4, -0.2) is 20.4 Å². The lowest BCUT2D eigenvalue weighted by molar-refractivity contribution is -0.137. The number of hydrogen-bond acceptors (Lipinski definition) is 2. The molecule has 5 nitrogen and oxygen atoms in total. The highest BCUT2D eigenvalue weighted by Gasteiger charge is 2.31. The summed E-state index contributed by atoms with van der Waals surface area (Å²) in [6.07, 6.45) is -1.31. The molecule has 2 aromatic carbocycles. The van der Waals surface area contributed by atoms with Gasteiger partial charge < -0.3 is 14.9 Å². The van der Waals surface area contributed by atoms with Crippen molar-refractivity contribution >= 4 is 33.5 Å². The molecule has 9 heteroatoms. The van der Waals surface area contributed by atoms with Crippen molar-refractivity contribution in [2.24, 2.45) is 0 Å². The van der Waals surface area contributed by atoms with Crippen molar-refractivity contribution in [2.75, 3.05) is 5.32 Å². The number of anilines is 1. The summed E-state index contributed by atoms with van der Waals surface area (Å²) in [6.45, 7) is 0.102. The quantitative estimate of drug-likeness (QED) is 0.330. The van der Waals surface area contributed by atoms with E-state index in [2.05, 4.69) is 15.3 Å². The monoisotopic (exact) mass is 452 g/mol. The largest absolute Gasteiger partial charge is 0.416 e. The van der Waals surface area contributed by atoms with Gasteiger partial charge in [-0.1, -0.05) is 12.1 Å². The molecule has 0 aliphatic rings. The van der Waals surface area contributed by atoms with E-state index in [4.69, 9.17) is 0 Å². The average molecular weight is 452 g/mol. The smallest absolute Gasteiger partial charge is 0.346 e. The van der Waals surface area contributed by atoms with Crippen LogP contribution in [0.2, 0.25) is 0 Å². The molecule has 1 amide bonds. The molecule has 0 fully saturated rings. The summed E-state index contributed by atoms with van der Waals surface area (Å²) in [6, 6.07) is 14.1. The van der Waals surface area contributed by atoms with Gasteiger partial charge in [-0.3, -0.25) is 4.79 Å². The molecule has 0 bridgehead atoms. The molecule has 5 aromatic rings. The fraction of sp³-hybridized carbons (Fsp3) is 0.0833. The predicted molar refractivity (Wildman–Crippen MR) is 116 cm³/mol. The van der Waals surface area contributed by atoms with Crippen molar-refractivity contribution in [3.63, 3.8) is 0 Å². The summed E-state index contributed by atoms with van der Waals surface area (Å²) in [5, 5.41) is 3.80. The zero-order valence-corrected chi connectivity index (χ0v) is 16.9. The maximum atomic E-state index is 13.7. The molecule has 0 saturated heterocycles. The lowest BCUT2D eigenvalue weighted by atomic mass is 10.1. The molecule has 0 saturated carbocycles. The number of alkyl halides is 3. The first-order valence-electron chi connectivity index (χ1n) is 9.97. The van der Waals surface area contributed by atoms with E-state index in [9.17, 15) is 22.4 Å². The average Bonchev–Trinajstić information content (AvgIpc) is 3.37. The second-order valence-corrected chi connectivity index (χ2v) is 7.61. The zero-order valence-electron chi connectivity index (χ0n) is 16.9. The van der Waals surface area contributed by atoms with Crippen molar-refractivity contribution in [1.82, 2.24) is 14.5 Å². The summed E-state index contributed by atoms with van der Waals surface area (Å²) in [5.41, 5.74) is 1.42. The second-order valence-electron chi connectivity index (χ2n) is 7.61. The molecular formula is C24H16F4N4O. The van der Waals surface area contributed by atoms with E-state index in [-0.39, 0.29) is 17.6 Å². The number of nitrogens with one attached hydrogen (secondary N) is 2. The topological polar surface area (TPSA) is 62.7 Å². The predicted octanol–water partition coefficient (Wildman–Crippen LogP) is 5.98. The van der Waals surface area contributed by atoms with E-state index in [0.29, 0.717) is 22.4 Å². The Morgan fingerprint density at radius 2 is 1.88 bits per heavy atom. The Hall–Kier alpha value is -4.14. The van der Waals surface area contributed by atoms with Crippen LogP contribution in [-0.2, 0) is 12.7 Å². The lowest BCUT2D eigenvalue weighted by Gasteiger charge is -2.12. The molecule has 0 spiro atoms. The minimum Gasteiger partial charge on any atom is -0.346 e. The third kappa shape index (κ3) is 4.05. The van der Waals surface area contributed by atoms with Crippen molar-refractivity contribution in [3.8, 4) is 0 Å². The Morgan fingerprint density at radius 3 is 2.67 bits per heavy atom. The SMILES string of the molecule is O=C(Nc1cnc2[nH]ccc2c1)c1cc2cc(C(F)(F)F)ccc2n1Cc1cccc(F)c1. The number of aromatic nitrogens is 3. The fourth-order valence-corrected chi connectivity index (χ4v) is 3.83. The molecule has 0 atom stereocenters. The van der Waals surface area contributed by atoms with E-state index < -0.39 is 23.5 Å². The van der Waals surface area contributed by atoms with Gasteiger partial charge in [0.05, 0.1) is 17.4 Å². The van der Waals surface area contributed by atoms with Crippen molar-refractivity contribution in [2.45, 2.75) is 12.7 Å². The van der Waals surface area contributed by atoms with E-state index in [1.54, 1.807) is 29.0 Å². The number of aromatic amines is 1. The lowest BCUT2D eigenvalue weighted by Crippen LogP contribution is -2.17. The number of benzene rings is 2. The maximum absolute atomic E-state index is 13.7. The van der Waals surface area contributed by atoms with E-state index >= 15 is 0 Å². The number of carbonyl (C=O) groups excluding carboxylic acids is 1. The Balaban J connectivity index is 1.57. The number of nitrogens with zero attached hydrogens (tertiary/aromatic N) is 2. The van der Waals surface area contributed by atoms with Gasteiger partial charge in [-0.2, -0.15) is 13.2 Å².